The molecule has 60 valence electrons. The molecule has 12 heavy (non-hydrogen) atoms. The summed E-state index contributed by atoms with van der Waals surface area (Å²) < 4.78 is 0. The molecule has 0 spiro atoms. The monoisotopic (exact) mass is 181 g/mol. The Labute approximate surface area is 73.9 Å². The standard InChI is InChI=1S/C7H4ClN3O/c8-6-3-1-2-4-7(6)11(12)10-5-9/h1-4H. The van der Waals surface area contributed by atoms with E-state index in [1.54, 1.807) is 18.2 Å². The first-order valence-electron chi connectivity index (χ1n) is 3.07. The molecule has 1 rings (SSSR count). The highest BCUT2D eigenvalue weighted by Gasteiger charge is 2.07. The minimum absolute atomic E-state index is 0.167. The van der Waals surface area contributed by atoms with E-state index in [-0.39, 0.29) is 15.6 Å². The Morgan fingerprint density at radius 3 is 2.75 bits per heavy atom. The van der Waals surface area contributed by atoms with E-state index in [2.05, 4.69) is 5.11 Å². The van der Waals surface area contributed by atoms with Crippen LogP contribution < -0.4 is 0 Å². The van der Waals surface area contributed by atoms with Crippen LogP contribution in [-0.4, -0.2) is 4.86 Å². The molecule has 0 heterocycles. The van der Waals surface area contributed by atoms with Gasteiger partial charge in [-0.3, -0.25) is 0 Å². The van der Waals surface area contributed by atoms with E-state index >= 15 is 0 Å². The minimum Gasteiger partial charge on any atom is -0.593 e. The number of nitriles is 1. The molecule has 0 saturated carbocycles. The molecule has 0 fully saturated rings. The maximum absolute atomic E-state index is 10.9. The first kappa shape index (κ1) is 8.50. The normalized spacial score (nSPS) is 10.8. The largest absolute Gasteiger partial charge is 0.593 e. The first-order valence-corrected chi connectivity index (χ1v) is 3.45. The number of para-hydroxylation sites is 1. The maximum atomic E-state index is 10.9. The third kappa shape index (κ3) is 1.71. The van der Waals surface area contributed by atoms with Gasteiger partial charge in [0.25, 0.3) is 11.9 Å². The van der Waals surface area contributed by atoms with Crippen LogP contribution in [0.1, 0.15) is 0 Å². The topological polar surface area (TPSA) is 62.2 Å². The molecule has 0 aliphatic heterocycles. The third-order valence-electron chi connectivity index (χ3n) is 1.19. The summed E-state index contributed by atoms with van der Waals surface area (Å²) in [5.41, 5.74) is 0.167. The van der Waals surface area contributed by atoms with Crippen LogP contribution in [0.15, 0.2) is 29.4 Å². The van der Waals surface area contributed by atoms with E-state index in [0.29, 0.717) is 0 Å². The molecular weight excluding hydrogens is 178 g/mol. The number of nitrogens with zero attached hydrogens (tertiary/aromatic N) is 3. The SMILES string of the molecule is N#CN=[N+]([O-])c1ccccc1Cl. The van der Waals surface area contributed by atoms with Crippen LogP contribution in [0.2, 0.25) is 5.02 Å². The second-order valence-corrected chi connectivity index (χ2v) is 2.33. The van der Waals surface area contributed by atoms with Crippen LogP contribution in [0, 0.1) is 16.7 Å². The van der Waals surface area contributed by atoms with Crippen LogP contribution in [0.25, 0.3) is 0 Å². The summed E-state index contributed by atoms with van der Waals surface area (Å²) in [6.07, 6.45) is 1.37. The average molecular weight is 182 g/mol. The minimum atomic E-state index is 0.167. The summed E-state index contributed by atoms with van der Waals surface area (Å²) in [6.45, 7) is 0. The molecule has 0 N–H and O–H groups in total. The lowest BCUT2D eigenvalue weighted by atomic mass is 10.3. The Hall–Kier alpha value is -1.60. The van der Waals surface area contributed by atoms with Crippen LogP contribution in [0.3, 0.4) is 0 Å². The van der Waals surface area contributed by atoms with Gasteiger partial charge in [-0.25, -0.2) is 0 Å². The summed E-state index contributed by atoms with van der Waals surface area (Å²) in [5.74, 6) is 0. The van der Waals surface area contributed by atoms with E-state index < -0.39 is 0 Å². The van der Waals surface area contributed by atoms with Crippen molar-refractivity contribution in [1.29, 1.82) is 5.26 Å². The number of hydrogen-bond acceptors (Lipinski definition) is 3. The molecule has 5 heteroatoms. The molecule has 4 nitrogen and oxygen atoms in total. The van der Waals surface area contributed by atoms with Crippen LogP contribution in [-0.2, 0) is 0 Å². The summed E-state index contributed by atoms with van der Waals surface area (Å²) >= 11 is 5.64. The van der Waals surface area contributed by atoms with Gasteiger partial charge in [-0.15, -0.1) is 0 Å². The molecule has 0 atom stereocenters. The fraction of sp³-hybridized carbons (Fsp3) is 0. The summed E-state index contributed by atoms with van der Waals surface area (Å²) in [5, 5.41) is 22.2. The van der Waals surface area contributed by atoms with Crippen LogP contribution >= 0.6 is 11.6 Å². The average Bonchev–Trinajstić information content (AvgIpc) is 2.05. The molecule has 1 aromatic rings. The Balaban J connectivity index is 3.13. The molecule has 1 aromatic carbocycles. The zero-order valence-corrected chi connectivity index (χ0v) is 6.69. The van der Waals surface area contributed by atoms with Gasteiger partial charge in [0, 0.05) is 6.07 Å². The van der Waals surface area contributed by atoms with Gasteiger partial charge in [-0.1, -0.05) is 23.7 Å². The number of benzene rings is 1. The second-order valence-electron chi connectivity index (χ2n) is 1.92. The fourth-order valence-electron chi connectivity index (χ4n) is 0.701. The van der Waals surface area contributed by atoms with E-state index in [0.717, 1.165) is 0 Å². The quantitative estimate of drug-likeness (QED) is 0.289. The van der Waals surface area contributed by atoms with Gasteiger partial charge < -0.3 is 5.21 Å². The Kier molecular flexibility index (Phi) is 2.62. The molecule has 0 aliphatic carbocycles. The van der Waals surface area contributed by atoms with Crippen molar-refractivity contribution in [3.63, 3.8) is 0 Å². The molecule has 0 aromatic heterocycles. The zero-order chi connectivity index (χ0) is 8.97. The Morgan fingerprint density at radius 1 is 1.50 bits per heavy atom. The number of azo groups is 1. The Morgan fingerprint density at radius 2 is 2.17 bits per heavy atom. The van der Waals surface area contributed by atoms with Crippen molar-refractivity contribution in [2.24, 2.45) is 5.11 Å². The summed E-state index contributed by atoms with van der Waals surface area (Å²) in [4.78, 5) is 0.183. The van der Waals surface area contributed by atoms with E-state index in [1.807, 2.05) is 0 Å². The lowest BCUT2D eigenvalue weighted by Crippen LogP contribution is -1.90. The van der Waals surface area contributed by atoms with Gasteiger partial charge in [0.2, 0.25) is 0 Å². The smallest absolute Gasteiger partial charge is 0.274 e. The van der Waals surface area contributed by atoms with E-state index in [1.165, 1.54) is 12.3 Å². The van der Waals surface area contributed by atoms with Crippen LogP contribution in [0.5, 0.6) is 0 Å². The van der Waals surface area contributed by atoms with Crippen LogP contribution in [0.4, 0.5) is 5.69 Å². The van der Waals surface area contributed by atoms with Gasteiger partial charge in [0.05, 0.1) is 5.11 Å². The van der Waals surface area contributed by atoms with Gasteiger partial charge in [-0.2, -0.15) is 5.26 Å². The number of hydrogen-bond donors (Lipinski definition) is 0. The molecule has 0 radical (unpaired) electrons. The fourth-order valence-corrected chi connectivity index (χ4v) is 0.909. The highest BCUT2D eigenvalue weighted by Crippen LogP contribution is 2.22. The van der Waals surface area contributed by atoms with Gasteiger partial charge in [0.1, 0.15) is 5.02 Å². The van der Waals surface area contributed by atoms with Crippen molar-refractivity contribution in [3.8, 4) is 6.19 Å². The van der Waals surface area contributed by atoms with Gasteiger partial charge >= 0.3 is 0 Å². The van der Waals surface area contributed by atoms with Crippen molar-refractivity contribution >= 4 is 17.3 Å². The highest BCUT2D eigenvalue weighted by atomic mass is 35.5. The first-order chi connectivity index (χ1) is 5.75. The van der Waals surface area contributed by atoms with E-state index in [9.17, 15) is 5.21 Å². The third-order valence-corrected chi connectivity index (χ3v) is 1.51. The van der Waals surface area contributed by atoms with Gasteiger partial charge in [-0.05, 0) is 10.9 Å². The van der Waals surface area contributed by atoms with Crippen molar-refractivity contribution < 1.29 is 4.86 Å². The molecule has 0 unspecified atom stereocenters. The molecule has 0 amide bonds. The van der Waals surface area contributed by atoms with Gasteiger partial charge in [0.15, 0.2) is 0 Å². The summed E-state index contributed by atoms with van der Waals surface area (Å²) in [7, 11) is 0. The Bertz CT molecular complexity index is 356. The van der Waals surface area contributed by atoms with Crippen molar-refractivity contribution in [2.75, 3.05) is 0 Å². The number of halogens is 1. The lowest BCUT2D eigenvalue weighted by Gasteiger charge is -1.97. The van der Waals surface area contributed by atoms with Crippen molar-refractivity contribution in [2.45, 2.75) is 0 Å². The highest BCUT2D eigenvalue weighted by molar-refractivity contribution is 6.32. The predicted molar refractivity (Wildman–Crippen MR) is 42.8 cm³/mol. The molecule has 0 saturated heterocycles. The lowest BCUT2D eigenvalue weighted by molar-refractivity contribution is -0.435. The van der Waals surface area contributed by atoms with E-state index in [4.69, 9.17) is 16.9 Å². The number of rotatable bonds is 1. The van der Waals surface area contributed by atoms with Crippen molar-refractivity contribution in [1.82, 2.24) is 0 Å². The second kappa shape index (κ2) is 3.69. The van der Waals surface area contributed by atoms with Crippen molar-refractivity contribution in [3.05, 3.63) is 34.5 Å². The molecular formula is C7H4ClN3O. The predicted octanol–water partition coefficient (Wildman–Crippen LogP) is 2.42. The maximum Gasteiger partial charge on any atom is 0.274 e. The zero-order valence-electron chi connectivity index (χ0n) is 5.94. The molecule has 0 aliphatic rings. The summed E-state index contributed by atoms with van der Waals surface area (Å²) in [6, 6.07) is 6.36. The molecule has 0 bridgehead atoms.